The summed E-state index contributed by atoms with van der Waals surface area (Å²) in [5, 5.41) is 13.7. The van der Waals surface area contributed by atoms with Crippen molar-refractivity contribution in [2.75, 3.05) is 11.9 Å². The largest absolute Gasteiger partial charge is 0.436 e. The molecule has 0 saturated carbocycles. The van der Waals surface area contributed by atoms with Gasteiger partial charge in [0.2, 0.25) is 11.8 Å². The molecule has 1 aromatic heterocycles. The van der Waals surface area contributed by atoms with E-state index in [4.69, 9.17) is 9.52 Å². The summed E-state index contributed by atoms with van der Waals surface area (Å²) in [6.45, 7) is -0.556. The van der Waals surface area contributed by atoms with Gasteiger partial charge in [-0.2, -0.15) is 0 Å². The maximum absolute atomic E-state index is 11.3. The second kappa shape index (κ2) is 5.79. The van der Waals surface area contributed by atoms with Crippen LogP contribution < -0.4 is 5.32 Å². The lowest BCUT2D eigenvalue weighted by molar-refractivity contribution is -0.118. The Labute approximate surface area is 137 Å². The van der Waals surface area contributed by atoms with E-state index < -0.39 is 12.5 Å². The molecular formula is C19H14N2O3. The van der Waals surface area contributed by atoms with Crippen LogP contribution in [-0.4, -0.2) is 22.6 Å². The second-order valence-corrected chi connectivity index (χ2v) is 5.47. The standard InChI is InChI=1S/C19H14N2O3/c22-11-18(23)20-15-7-8-17-16(10-15)21-19(24-17)14-6-5-12-3-1-2-4-13(12)9-14/h1-10,22H,11H2,(H,20,23). The molecule has 0 bridgehead atoms. The minimum absolute atomic E-state index is 0.465. The van der Waals surface area contributed by atoms with Crippen LogP contribution in [0.3, 0.4) is 0 Å². The molecule has 5 heteroatoms. The summed E-state index contributed by atoms with van der Waals surface area (Å²) >= 11 is 0. The highest BCUT2D eigenvalue weighted by molar-refractivity contribution is 5.94. The number of benzene rings is 3. The van der Waals surface area contributed by atoms with Crippen LogP contribution in [0.5, 0.6) is 0 Å². The second-order valence-electron chi connectivity index (χ2n) is 5.47. The van der Waals surface area contributed by atoms with Crippen molar-refractivity contribution in [2.24, 2.45) is 0 Å². The van der Waals surface area contributed by atoms with E-state index in [2.05, 4.69) is 16.4 Å². The zero-order valence-electron chi connectivity index (χ0n) is 12.7. The van der Waals surface area contributed by atoms with Crippen LogP contribution in [0, 0.1) is 0 Å². The Balaban J connectivity index is 1.74. The van der Waals surface area contributed by atoms with Crippen LogP contribution >= 0.6 is 0 Å². The molecule has 4 rings (SSSR count). The van der Waals surface area contributed by atoms with E-state index in [1.807, 2.05) is 36.4 Å². The first-order valence-corrected chi connectivity index (χ1v) is 7.53. The van der Waals surface area contributed by atoms with E-state index in [1.54, 1.807) is 18.2 Å². The Hall–Kier alpha value is -3.18. The molecule has 0 spiro atoms. The van der Waals surface area contributed by atoms with Crippen LogP contribution in [-0.2, 0) is 4.79 Å². The van der Waals surface area contributed by atoms with Gasteiger partial charge in [-0.25, -0.2) is 4.98 Å². The van der Waals surface area contributed by atoms with Gasteiger partial charge in [-0.3, -0.25) is 4.79 Å². The quantitative estimate of drug-likeness (QED) is 0.605. The summed E-state index contributed by atoms with van der Waals surface area (Å²) in [6.07, 6.45) is 0. The number of nitrogens with zero attached hydrogens (tertiary/aromatic N) is 1. The molecule has 0 saturated heterocycles. The van der Waals surface area contributed by atoms with Gasteiger partial charge >= 0.3 is 0 Å². The van der Waals surface area contributed by atoms with Crippen molar-refractivity contribution in [1.82, 2.24) is 4.98 Å². The molecule has 1 heterocycles. The number of rotatable bonds is 3. The molecule has 2 N–H and O–H groups in total. The van der Waals surface area contributed by atoms with Crippen LogP contribution in [0.25, 0.3) is 33.3 Å². The minimum Gasteiger partial charge on any atom is -0.436 e. The zero-order chi connectivity index (χ0) is 16.5. The van der Waals surface area contributed by atoms with Crippen molar-refractivity contribution >= 4 is 33.5 Å². The predicted molar refractivity (Wildman–Crippen MR) is 92.7 cm³/mol. The fourth-order valence-corrected chi connectivity index (χ4v) is 2.65. The highest BCUT2D eigenvalue weighted by atomic mass is 16.3. The summed E-state index contributed by atoms with van der Waals surface area (Å²) in [5.41, 5.74) is 2.75. The SMILES string of the molecule is O=C(CO)Nc1ccc2oc(-c3ccc4ccccc4c3)nc2c1. The highest BCUT2D eigenvalue weighted by Gasteiger charge is 2.10. The average molecular weight is 318 g/mol. The molecule has 3 aromatic carbocycles. The number of nitrogens with one attached hydrogen (secondary N) is 1. The Morgan fingerprint density at radius 1 is 1.04 bits per heavy atom. The van der Waals surface area contributed by atoms with E-state index in [1.165, 1.54) is 0 Å². The van der Waals surface area contributed by atoms with E-state index >= 15 is 0 Å². The fourth-order valence-electron chi connectivity index (χ4n) is 2.65. The first-order chi connectivity index (χ1) is 11.7. The molecule has 0 unspecified atom stereocenters. The van der Waals surface area contributed by atoms with Gasteiger partial charge in [0.15, 0.2) is 5.58 Å². The Bertz CT molecular complexity index is 1050. The summed E-state index contributed by atoms with van der Waals surface area (Å²) in [5.74, 6) is 0.0639. The first-order valence-electron chi connectivity index (χ1n) is 7.53. The number of aliphatic hydroxyl groups is 1. The van der Waals surface area contributed by atoms with Crippen LogP contribution in [0.1, 0.15) is 0 Å². The number of carbonyl (C=O) groups is 1. The molecular weight excluding hydrogens is 304 g/mol. The maximum atomic E-state index is 11.3. The van der Waals surface area contributed by atoms with Gasteiger partial charge in [0.25, 0.3) is 0 Å². The van der Waals surface area contributed by atoms with Gasteiger partial charge in [-0.1, -0.05) is 30.3 Å². The lowest BCUT2D eigenvalue weighted by atomic mass is 10.1. The molecule has 0 aliphatic carbocycles. The van der Waals surface area contributed by atoms with E-state index in [9.17, 15) is 4.79 Å². The third-order valence-electron chi connectivity index (χ3n) is 3.81. The van der Waals surface area contributed by atoms with Crippen molar-refractivity contribution in [1.29, 1.82) is 0 Å². The van der Waals surface area contributed by atoms with Crippen molar-refractivity contribution in [3.8, 4) is 11.5 Å². The summed E-state index contributed by atoms with van der Waals surface area (Å²) in [6, 6.07) is 19.3. The monoisotopic (exact) mass is 318 g/mol. The molecule has 5 nitrogen and oxygen atoms in total. The van der Waals surface area contributed by atoms with Gasteiger partial charge in [-0.15, -0.1) is 0 Å². The third kappa shape index (κ3) is 2.61. The van der Waals surface area contributed by atoms with Gasteiger partial charge in [0, 0.05) is 11.3 Å². The molecule has 0 atom stereocenters. The number of oxazole rings is 1. The van der Waals surface area contributed by atoms with E-state index in [-0.39, 0.29) is 0 Å². The van der Waals surface area contributed by atoms with E-state index in [0.29, 0.717) is 22.7 Å². The molecule has 0 aliphatic heterocycles. The third-order valence-corrected chi connectivity index (χ3v) is 3.81. The fraction of sp³-hybridized carbons (Fsp3) is 0.0526. The Morgan fingerprint density at radius 2 is 1.88 bits per heavy atom. The number of aromatic nitrogens is 1. The highest BCUT2D eigenvalue weighted by Crippen LogP contribution is 2.28. The van der Waals surface area contributed by atoms with E-state index in [0.717, 1.165) is 16.3 Å². The molecule has 118 valence electrons. The molecule has 1 amide bonds. The summed E-state index contributed by atoms with van der Waals surface area (Å²) in [4.78, 5) is 15.8. The summed E-state index contributed by atoms with van der Waals surface area (Å²) < 4.78 is 5.82. The molecule has 0 radical (unpaired) electrons. The predicted octanol–water partition coefficient (Wildman–Crippen LogP) is 3.58. The molecule has 0 fully saturated rings. The van der Waals surface area contributed by atoms with Gasteiger partial charge in [0.05, 0.1) is 0 Å². The van der Waals surface area contributed by atoms with Crippen LogP contribution in [0.15, 0.2) is 65.1 Å². The molecule has 24 heavy (non-hydrogen) atoms. The van der Waals surface area contributed by atoms with Crippen LogP contribution in [0.4, 0.5) is 5.69 Å². The lowest BCUT2D eigenvalue weighted by Gasteiger charge is -2.01. The van der Waals surface area contributed by atoms with Crippen molar-refractivity contribution in [3.63, 3.8) is 0 Å². The van der Waals surface area contributed by atoms with Crippen molar-refractivity contribution in [2.45, 2.75) is 0 Å². The number of aliphatic hydroxyl groups excluding tert-OH is 1. The zero-order valence-corrected chi connectivity index (χ0v) is 12.7. The van der Waals surface area contributed by atoms with Crippen molar-refractivity contribution < 1.29 is 14.3 Å². The van der Waals surface area contributed by atoms with Crippen molar-refractivity contribution in [3.05, 3.63) is 60.7 Å². The van der Waals surface area contributed by atoms with Crippen LogP contribution in [0.2, 0.25) is 0 Å². The van der Waals surface area contributed by atoms with Gasteiger partial charge < -0.3 is 14.8 Å². The smallest absolute Gasteiger partial charge is 0.250 e. The normalized spacial score (nSPS) is 11.0. The van der Waals surface area contributed by atoms with Gasteiger partial charge in [0.1, 0.15) is 12.1 Å². The number of hydrogen-bond donors (Lipinski definition) is 2. The topological polar surface area (TPSA) is 75.4 Å². The lowest BCUT2D eigenvalue weighted by Crippen LogP contribution is -2.15. The number of fused-ring (bicyclic) bond motifs is 2. The Kier molecular flexibility index (Phi) is 3.48. The maximum Gasteiger partial charge on any atom is 0.250 e. The van der Waals surface area contributed by atoms with Gasteiger partial charge in [-0.05, 0) is 41.1 Å². The number of anilines is 1. The molecule has 4 aromatic rings. The average Bonchev–Trinajstić information content (AvgIpc) is 3.04. The number of hydrogen-bond acceptors (Lipinski definition) is 4. The summed E-state index contributed by atoms with van der Waals surface area (Å²) in [7, 11) is 0. The first kappa shape index (κ1) is 14.4. The minimum atomic E-state index is -0.556. The number of carbonyl (C=O) groups excluding carboxylic acids is 1. The number of amides is 1. The molecule has 0 aliphatic rings. The Morgan fingerprint density at radius 3 is 2.71 bits per heavy atom.